The summed E-state index contributed by atoms with van der Waals surface area (Å²) < 4.78 is 7.33. The van der Waals surface area contributed by atoms with Crippen molar-refractivity contribution in [2.24, 2.45) is 0 Å². The zero-order valence-corrected chi connectivity index (χ0v) is 21.2. The monoisotopic (exact) mass is 469 g/mol. The third kappa shape index (κ3) is 7.58. The van der Waals surface area contributed by atoms with Gasteiger partial charge in [0, 0.05) is 30.4 Å². The first-order chi connectivity index (χ1) is 16.1. The first-order valence-corrected chi connectivity index (χ1v) is 12.2. The van der Waals surface area contributed by atoms with Crippen molar-refractivity contribution in [3.8, 4) is 0 Å². The molecule has 2 heterocycles. The van der Waals surface area contributed by atoms with Gasteiger partial charge in [-0.3, -0.25) is 14.4 Å². The molecule has 8 nitrogen and oxygen atoms in total. The number of amides is 2. The smallest absolute Gasteiger partial charge is 0.407 e. The molecular formula is C26H39N5O3. The molecule has 1 aromatic carbocycles. The number of alkyl carbamates (subject to hydrolysis) is 1. The van der Waals surface area contributed by atoms with Crippen LogP contribution in [0.15, 0.2) is 30.3 Å². The molecule has 0 saturated carbocycles. The van der Waals surface area contributed by atoms with Crippen molar-refractivity contribution >= 4 is 12.0 Å². The summed E-state index contributed by atoms with van der Waals surface area (Å²) in [5, 5.41) is 10.6. The van der Waals surface area contributed by atoms with Gasteiger partial charge < -0.3 is 15.4 Å². The maximum Gasteiger partial charge on any atom is 0.407 e. The standard InChI is InChI=1S/C26H39N5O3/c1-19-23(20(2)31(29-19)17-21-11-7-6-8-12-21)16-27-24(32)18-30-14-10-9-13-22(30)15-28-25(33)34-26(3,4)5/h6-8,11-12,22H,9-10,13-18H2,1-5H3,(H,27,32)(H,28,33)/t22-/m1/s1. The van der Waals surface area contributed by atoms with Crippen LogP contribution in [0.1, 0.15) is 62.5 Å². The Balaban J connectivity index is 1.52. The molecule has 1 aliphatic heterocycles. The van der Waals surface area contributed by atoms with E-state index in [0.29, 0.717) is 26.2 Å². The zero-order valence-electron chi connectivity index (χ0n) is 21.2. The molecule has 0 spiro atoms. The Morgan fingerprint density at radius 3 is 2.56 bits per heavy atom. The van der Waals surface area contributed by atoms with Gasteiger partial charge in [-0.1, -0.05) is 36.8 Å². The number of rotatable bonds is 8. The lowest BCUT2D eigenvalue weighted by atomic mass is 10.0. The number of hydrogen-bond donors (Lipinski definition) is 2. The Bertz CT molecular complexity index is 965. The lowest BCUT2D eigenvalue weighted by molar-refractivity contribution is -0.123. The Hall–Kier alpha value is -2.87. The van der Waals surface area contributed by atoms with Crippen LogP contribution < -0.4 is 10.6 Å². The van der Waals surface area contributed by atoms with Gasteiger partial charge in [0.25, 0.3) is 0 Å². The Morgan fingerprint density at radius 1 is 1.12 bits per heavy atom. The van der Waals surface area contributed by atoms with Gasteiger partial charge >= 0.3 is 6.09 Å². The highest BCUT2D eigenvalue weighted by atomic mass is 16.6. The number of carbonyl (C=O) groups is 2. The molecule has 186 valence electrons. The van der Waals surface area contributed by atoms with E-state index in [2.05, 4.69) is 32.8 Å². The third-order valence-corrected chi connectivity index (χ3v) is 6.15. The van der Waals surface area contributed by atoms with E-state index in [9.17, 15) is 9.59 Å². The van der Waals surface area contributed by atoms with Gasteiger partial charge in [-0.05, 0) is 59.6 Å². The maximum atomic E-state index is 12.8. The molecule has 1 aliphatic rings. The lowest BCUT2D eigenvalue weighted by Crippen LogP contribution is -2.50. The fourth-order valence-corrected chi connectivity index (χ4v) is 4.34. The molecule has 3 rings (SSSR count). The van der Waals surface area contributed by atoms with Crippen LogP contribution in [0.2, 0.25) is 0 Å². The first kappa shape index (κ1) is 25.7. The third-order valence-electron chi connectivity index (χ3n) is 6.15. The Kier molecular flexibility index (Phi) is 8.72. The van der Waals surface area contributed by atoms with Gasteiger partial charge in [-0.2, -0.15) is 5.10 Å². The topological polar surface area (TPSA) is 88.5 Å². The van der Waals surface area contributed by atoms with Crippen molar-refractivity contribution < 1.29 is 14.3 Å². The number of nitrogens with one attached hydrogen (secondary N) is 2. The second-order valence-corrected chi connectivity index (χ2v) is 10.1. The number of aryl methyl sites for hydroxylation is 1. The fourth-order valence-electron chi connectivity index (χ4n) is 4.34. The number of hydrogen-bond acceptors (Lipinski definition) is 5. The van der Waals surface area contributed by atoms with E-state index in [1.807, 2.05) is 57.5 Å². The van der Waals surface area contributed by atoms with Crippen LogP contribution in [-0.4, -0.2) is 58.0 Å². The zero-order chi connectivity index (χ0) is 24.7. The first-order valence-electron chi connectivity index (χ1n) is 12.2. The highest BCUT2D eigenvalue weighted by molar-refractivity contribution is 5.78. The number of piperidine rings is 1. The Labute approximate surface area is 203 Å². The van der Waals surface area contributed by atoms with Gasteiger partial charge in [-0.25, -0.2) is 4.79 Å². The summed E-state index contributed by atoms with van der Waals surface area (Å²) in [5.74, 6) is -0.0150. The summed E-state index contributed by atoms with van der Waals surface area (Å²) in [7, 11) is 0. The quantitative estimate of drug-likeness (QED) is 0.617. The average Bonchev–Trinajstić information content (AvgIpc) is 3.03. The SMILES string of the molecule is Cc1nn(Cc2ccccc2)c(C)c1CNC(=O)CN1CCCC[C@@H]1CNC(=O)OC(C)(C)C. The molecule has 2 aromatic rings. The van der Waals surface area contributed by atoms with Crippen molar-refractivity contribution in [2.75, 3.05) is 19.6 Å². The predicted molar refractivity (Wildman–Crippen MR) is 133 cm³/mol. The number of nitrogens with zero attached hydrogens (tertiary/aromatic N) is 3. The molecule has 0 bridgehead atoms. The number of carbonyl (C=O) groups excluding carboxylic acids is 2. The van der Waals surface area contributed by atoms with E-state index in [-0.39, 0.29) is 11.9 Å². The van der Waals surface area contributed by atoms with E-state index in [4.69, 9.17) is 4.74 Å². The van der Waals surface area contributed by atoms with Crippen molar-refractivity contribution in [2.45, 2.75) is 78.6 Å². The normalized spacial score (nSPS) is 16.8. The van der Waals surface area contributed by atoms with Crippen molar-refractivity contribution in [1.29, 1.82) is 0 Å². The average molecular weight is 470 g/mol. The van der Waals surface area contributed by atoms with Crippen LogP contribution in [0.4, 0.5) is 4.79 Å². The molecule has 0 unspecified atom stereocenters. The highest BCUT2D eigenvalue weighted by Crippen LogP contribution is 2.17. The summed E-state index contributed by atoms with van der Waals surface area (Å²) in [5.41, 5.74) is 3.73. The molecule has 0 radical (unpaired) electrons. The van der Waals surface area contributed by atoms with Crippen LogP contribution in [0, 0.1) is 13.8 Å². The molecule has 0 aliphatic carbocycles. The van der Waals surface area contributed by atoms with Crippen LogP contribution in [0.5, 0.6) is 0 Å². The predicted octanol–water partition coefficient (Wildman–Crippen LogP) is 3.54. The lowest BCUT2D eigenvalue weighted by Gasteiger charge is -2.35. The van der Waals surface area contributed by atoms with E-state index in [1.165, 1.54) is 5.56 Å². The molecule has 34 heavy (non-hydrogen) atoms. The number of aromatic nitrogens is 2. The van der Waals surface area contributed by atoms with Crippen molar-refractivity contribution in [3.63, 3.8) is 0 Å². The molecule has 1 fully saturated rings. The molecule has 2 N–H and O–H groups in total. The van der Waals surface area contributed by atoms with E-state index < -0.39 is 11.7 Å². The van der Waals surface area contributed by atoms with Gasteiger partial charge in [0.2, 0.25) is 5.91 Å². The fraction of sp³-hybridized carbons (Fsp3) is 0.577. The minimum atomic E-state index is -0.526. The second-order valence-electron chi connectivity index (χ2n) is 10.1. The molecule has 1 atom stereocenters. The van der Waals surface area contributed by atoms with Gasteiger partial charge in [0.1, 0.15) is 5.60 Å². The largest absolute Gasteiger partial charge is 0.444 e. The van der Waals surface area contributed by atoms with Crippen molar-refractivity contribution in [3.05, 3.63) is 52.8 Å². The minimum absolute atomic E-state index is 0.0150. The molecular weight excluding hydrogens is 430 g/mol. The van der Waals surface area contributed by atoms with Gasteiger partial charge in [-0.15, -0.1) is 0 Å². The molecule has 1 saturated heterocycles. The summed E-state index contributed by atoms with van der Waals surface area (Å²) in [6.07, 6.45) is 2.69. The highest BCUT2D eigenvalue weighted by Gasteiger charge is 2.26. The van der Waals surface area contributed by atoms with Crippen LogP contribution in [-0.2, 0) is 22.6 Å². The van der Waals surface area contributed by atoms with Crippen molar-refractivity contribution in [1.82, 2.24) is 25.3 Å². The minimum Gasteiger partial charge on any atom is -0.444 e. The van der Waals surface area contributed by atoms with Crippen LogP contribution in [0.3, 0.4) is 0 Å². The van der Waals surface area contributed by atoms with Gasteiger partial charge in [0.05, 0.1) is 18.8 Å². The summed E-state index contributed by atoms with van der Waals surface area (Å²) in [4.78, 5) is 27.0. The number of ether oxygens (including phenoxy) is 1. The number of likely N-dealkylation sites (tertiary alicyclic amines) is 1. The number of benzene rings is 1. The summed E-state index contributed by atoms with van der Waals surface area (Å²) >= 11 is 0. The van der Waals surface area contributed by atoms with Gasteiger partial charge in [0.15, 0.2) is 0 Å². The van der Waals surface area contributed by atoms with E-state index >= 15 is 0 Å². The summed E-state index contributed by atoms with van der Waals surface area (Å²) in [6.45, 7) is 12.4. The Morgan fingerprint density at radius 2 is 1.85 bits per heavy atom. The van der Waals surface area contributed by atoms with Crippen LogP contribution >= 0.6 is 0 Å². The second kappa shape index (κ2) is 11.5. The van der Waals surface area contributed by atoms with Crippen LogP contribution in [0.25, 0.3) is 0 Å². The summed E-state index contributed by atoms with van der Waals surface area (Å²) in [6, 6.07) is 10.4. The molecule has 8 heteroatoms. The maximum absolute atomic E-state index is 12.8. The van der Waals surface area contributed by atoms with E-state index in [1.54, 1.807) is 0 Å². The molecule has 2 amide bonds. The van der Waals surface area contributed by atoms with E-state index in [0.717, 1.165) is 42.8 Å². The molecule has 1 aromatic heterocycles.